The Bertz CT molecular complexity index is 635. The highest BCUT2D eigenvalue weighted by molar-refractivity contribution is 6.03. The van der Waals surface area contributed by atoms with Crippen LogP contribution in [0.1, 0.15) is 27.7 Å². The smallest absolute Gasteiger partial charge is 0.293 e. The standard InChI is InChI=1S/C14H12N2O2/c1-4-11-6-5-7-12(8-11)16-14(17)13-9(2)15-10(3)18-13/h1,5-8H,2-3H3,(H,16,17). The Morgan fingerprint density at radius 1 is 1.44 bits per heavy atom. The number of nitrogens with one attached hydrogen (secondary N) is 1. The van der Waals surface area contributed by atoms with Gasteiger partial charge in [0.15, 0.2) is 5.89 Å². The van der Waals surface area contributed by atoms with Gasteiger partial charge in [0, 0.05) is 18.2 Å². The minimum atomic E-state index is -0.331. The van der Waals surface area contributed by atoms with Crippen molar-refractivity contribution in [1.82, 2.24) is 4.98 Å². The van der Waals surface area contributed by atoms with Crippen LogP contribution < -0.4 is 5.32 Å². The maximum absolute atomic E-state index is 12.0. The lowest BCUT2D eigenvalue weighted by Gasteiger charge is -2.03. The summed E-state index contributed by atoms with van der Waals surface area (Å²) in [6.07, 6.45) is 5.30. The number of aryl methyl sites for hydroxylation is 2. The first-order chi connectivity index (χ1) is 8.60. The SMILES string of the molecule is C#Cc1cccc(NC(=O)c2oc(C)nc2C)c1. The molecule has 0 spiro atoms. The second-order valence-electron chi connectivity index (χ2n) is 3.83. The number of hydrogen-bond acceptors (Lipinski definition) is 3. The number of benzene rings is 1. The van der Waals surface area contributed by atoms with Gasteiger partial charge in [0.25, 0.3) is 5.91 Å². The summed E-state index contributed by atoms with van der Waals surface area (Å²) < 4.78 is 5.24. The number of rotatable bonds is 2. The molecule has 0 radical (unpaired) electrons. The second kappa shape index (κ2) is 4.76. The fourth-order valence-corrected chi connectivity index (χ4v) is 1.62. The lowest BCUT2D eigenvalue weighted by molar-refractivity contribution is 0.0994. The van der Waals surface area contributed by atoms with Gasteiger partial charge in [-0.05, 0) is 25.1 Å². The van der Waals surface area contributed by atoms with Crippen molar-refractivity contribution in [3.63, 3.8) is 0 Å². The summed E-state index contributed by atoms with van der Waals surface area (Å²) in [6.45, 7) is 3.42. The molecule has 4 heteroatoms. The molecule has 2 aromatic rings. The minimum Gasteiger partial charge on any atom is -0.436 e. The summed E-state index contributed by atoms with van der Waals surface area (Å²) in [5, 5.41) is 2.72. The summed E-state index contributed by atoms with van der Waals surface area (Å²) >= 11 is 0. The molecule has 1 heterocycles. The van der Waals surface area contributed by atoms with Gasteiger partial charge in [-0.15, -0.1) is 6.42 Å². The van der Waals surface area contributed by atoms with Crippen LogP contribution in [-0.4, -0.2) is 10.9 Å². The Balaban J connectivity index is 2.21. The number of amides is 1. The molecule has 1 N–H and O–H groups in total. The molecule has 0 saturated carbocycles. The number of hydrogen-bond donors (Lipinski definition) is 1. The molecule has 0 saturated heterocycles. The molecular formula is C14H12N2O2. The number of anilines is 1. The van der Waals surface area contributed by atoms with Crippen molar-refractivity contribution in [3.8, 4) is 12.3 Å². The number of carbonyl (C=O) groups is 1. The van der Waals surface area contributed by atoms with E-state index in [1.807, 2.05) is 0 Å². The zero-order chi connectivity index (χ0) is 13.1. The molecule has 1 amide bonds. The van der Waals surface area contributed by atoms with Crippen LogP contribution in [0.2, 0.25) is 0 Å². The van der Waals surface area contributed by atoms with Crippen molar-refractivity contribution < 1.29 is 9.21 Å². The Morgan fingerprint density at radius 2 is 2.22 bits per heavy atom. The number of carbonyl (C=O) groups excluding carboxylic acids is 1. The van der Waals surface area contributed by atoms with Crippen LogP contribution in [0.3, 0.4) is 0 Å². The third-order valence-corrected chi connectivity index (χ3v) is 2.40. The summed E-state index contributed by atoms with van der Waals surface area (Å²) in [4.78, 5) is 16.0. The van der Waals surface area contributed by atoms with Crippen LogP contribution in [0.15, 0.2) is 28.7 Å². The van der Waals surface area contributed by atoms with E-state index in [9.17, 15) is 4.79 Å². The van der Waals surface area contributed by atoms with E-state index in [4.69, 9.17) is 10.8 Å². The summed E-state index contributed by atoms with van der Waals surface area (Å²) in [5.74, 6) is 2.87. The molecule has 18 heavy (non-hydrogen) atoms. The van der Waals surface area contributed by atoms with E-state index < -0.39 is 0 Å². The van der Waals surface area contributed by atoms with Crippen LogP contribution in [0.5, 0.6) is 0 Å². The lowest BCUT2D eigenvalue weighted by atomic mass is 10.2. The Labute approximate surface area is 105 Å². The number of aromatic nitrogens is 1. The van der Waals surface area contributed by atoms with Crippen LogP contribution in [0.4, 0.5) is 5.69 Å². The van der Waals surface area contributed by atoms with Crippen molar-refractivity contribution in [2.75, 3.05) is 5.32 Å². The van der Waals surface area contributed by atoms with Gasteiger partial charge in [-0.2, -0.15) is 0 Å². The van der Waals surface area contributed by atoms with E-state index in [0.29, 0.717) is 22.8 Å². The summed E-state index contributed by atoms with van der Waals surface area (Å²) in [5.41, 5.74) is 1.90. The molecule has 0 fully saturated rings. The highest BCUT2D eigenvalue weighted by atomic mass is 16.4. The average molecular weight is 240 g/mol. The molecule has 0 aliphatic rings. The minimum absolute atomic E-state index is 0.221. The van der Waals surface area contributed by atoms with Crippen molar-refractivity contribution in [3.05, 3.63) is 47.2 Å². The monoisotopic (exact) mass is 240 g/mol. The van der Waals surface area contributed by atoms with Gasteiger partial charge in [0.05, 0.1) is 5.69 Å². The average Bonchev–Trinajstić information content (AvgIpc) is 2.69. The van der Waals surface area contributed by atoms with Gasteiger partial charge in [0.2, 0.25) is 5.76 Å². The van der Waals surface area contributed by atoms with Crippen LogP contribution in [-0.2, 0) is 0 Å². The van der Waals surface area contributed by atoms with Gasteiger partial charge in [0.1, 0.15) is 0 Å². The molecule has 0 aliphatic carbocycles. The predicted octanol–water partition coefficient (Wildman–Crippen LogP) is 2.53. The van der Waals surface area contributed by atoms with Crippen molar-refractivity contribution >= 4 is 11.6 Å². The van der Waals surface area contributed by atoms with Gasteiger partial charge in [-0.25, -0.2) is 4.98 Å². The fourth-order valence-electron chi connectivity index (χ4n) is 1.62. The van der Waals surface area contributed by atoms with E-state index in [-0.39, 0.29) is 11.7 Å². The predicted molar refractivity (Wildman–Crippen MR) is 68.3 cm³/mol. The zero-order valence-electron chi connectivity index (χ0n) is 10.2. The maximum Gasteiger partial charge on any atom is 0.293 e. The summed E-state index contributed by atoms with van der Waals surface area (Å²) in [6, 6.07) is 7.05. The Kier molecular flexibility index (Phi) is 3.16. The first-order valence-corrected chi connectivity index (χ1v) is 5.42. The fraction of sp³-hybridized carbons (Fsp3) is 0.143. The highest BCUT2D eigenvalue weighted by Crippen LogP contribution is 2.14. The van der Waals surface area contributed by atoms with Gasteiger partial charge in [-0.1, -0.05) is 12.0 Å². The molecule has 90 valence electrons. The van der Waals surface area contributed by atoms with E-state index in [0.717, 1.165) is 0 Å². The molecule has 0 unspecified atom stereocenters. The van der Waals surface area contributed by atoms with Crippen LogP contribution in [0, 0.1) is 26.2 Å². The molecule has 4 nitrogen and oxygen atoms in total. The van der Waals surface area contributed by atoms with Gasteiger partial charge >= 0.3 is 0 Å². The third kappa shape index (κ3) is 2.41. The van der Waals surface area contributed by atoms with E-state index in [1.54, 1.807) is 38.1 Å². The van der Waals surface area contributed by atoms with Crippen molar-refractivity contribution in [2.24, 2.45) is 0 Å². The molecule has 2 rings (SSSR count). The van der Waals surface area contributed by atoms with Gasteiger partial charge in [-0.3, -0.25) is 4.79 Å². The zero-order valence-corrected chi connectivity index (χ0v) is 10.2. The van der Waals surface area contributed by atoms with Crippen LogP contribution >= 0.6 is 0 Å². The summed E-state index contributed by atoms with van der Waals surface area (Å²) in [7, 11) is 0. The van der Waals surface area contributed by atoms with Crippen molar-refractivity contribution in [1.29, 1.82) is 0 Å². The Morgan fingerprint density at radius 3 is 2.83 bits per heavy atom. The molecule has 0 bridgehead atoms. The lowest BCUT2D eigenvalue weighted by Crippen LogP contribution is -2.12. The molecule has 1 aromatic carbocycles. The molecular weight excluding hydrogens is 228 g/mol. The van der Waals surface area contributed by atoms with Crippen LogP contribution in [0.25, 0.3) is 0 Å². The topological polar surface area (TPSA) is 55.1 Å². The second-order valence-corrected chi connectivity index (χ2v) is 3.83. The Hall–Kier alpha value is -2.54. The van der Waals surface area contributed by atoms with Crippen molar-refractivity contribution in [2.45, 2.75) is 13.8 Å². The first-order valence-electron chi connectivity index (χ1n) is 5.42. The first kappa shape index (κ1) is 11.9. The number of oxazole rings is 1. The van der Waals surface area contributed by atoms with Gasteiger partial charge < -0.3 is 9.73 Å². The van der Waals surface area contributed by atoms with E-state index in [1.165, 1.54) is 0 Å². The van der Waals surface area contributed by atoms with E-state index in [2.05, 4.69) is 16.2 Å². The third-order valence-electron chi connectivity index (χ3n) is 2.40. The molecule has 1 aromatic heterocycles. The largest absolute Gasteiger partial charge is 0.436 e. The maximum atomic E-state index is 12.0. The number of terminal acetylenes is 1. The normalized spacial score (nSPS) is 9.83. The quantitative estimate of drug-likeness (QED) is 0.820. The van der Waals surface area contributed by atoms with E-state index >= 15 is 0 Å². The highest BCUT2D eigenvalue weighted by Gasteiger charge is 2.15. The number of nitrogens with zero attached hydrogens (tertiary/aromatic N) is 1. The molecule has 0 aliphatic heterocycles. The molecule has 0 atom stereocenters.